The van der Waals surface area contributed by atoms with E-state index in [-0.39, 0.29) is 6.54 Å². The number of nitrogens with one attached hydrogen (secondary N) is 1. The predicted molar refractivity (Wildman–Crippen MR) is 53.7 cm³/mol. The Balaban J connectivity index is 2.08. The van der Waals surface area contributed by atoms with Gasteiger partial charge in [-0.05, 0) is 18.5 Å². The lowest BCUT2D eigenvalue weighted by molar-refractivity contribution is -0.133. The maximum absolute atomic E-state index is 11.8. The normalized spacial score (nSPS) is 11.7. The molecule has 0 bridgehead atoms. The molecule has 0 aliphatic carbocycles. The molecular weight excluding hydrogens is 203 g/mol. The van der Waals surface area contributed by atoms with Crippen LogP contribution in [0.1, 0.15) is 12.0 Å². The fourth-order valence-electron chi connectivity index (χ4n) is 1.23. The molecule has 4 heteroatoms. The fraction of sp³-hybridized carbons (Fsp3) is 0.455. The largest absolute Gasteiger partial charge is 0.390 e. The van der Waals surface area contributed by atoms with E-state index in [4.69, 9.17) is 0 Å². The van der Waals surface area contributed by atoms with Crippen molar-refractivity contribution in [1.29, 1.82) is 0 Å². The van der Waals surface area contributed by atoms with Gasteiger partial charge < -0.3 is 5.32 Å². The van der Waals surface area contributed by atoms with Gasteiger partial charge in [0.2, 0.25) is 0 Å². The highest BCUT2D eigenvalue weighted by Crippen LogP contribution is 2.17. The summed E-state index contributed by atoms with van der Waals surface area (Å²) in [5.74, 6) is 0. The number of benzene rings is 1. The lowest BCUT2D eigenvalue weighted by atomic mass is 10.1. The second kappa shape index (κ2) is 5.75. The summed E-state index contributed by atoms with van der Waals surface area (Å²) >= 11 is 0. The van der Waals surface area contributed by atoms with Crippen molar-refractivity contribution in [2.24, 2.45) is 0 Å². The van der Waals surface area contributed by atoms with E-state index in [2.05, 4.69) is 5.32 Å². The van der Waals surface area contributed by atoms with Crippen LogP contribution in [0.4, 0.5) is 13.2 Å². The van der Waals surface area contributed by atoms with Crippen LogP contribution < -0.4 is 5.32 Å². The SMILES string of the molecule is FC(F)(F)CCNCCc1ccccc1. The Morgan fingerprint density at radius 3 is 2.27 bits per heavy atom. The fourth-order valence-corrected chi connectivity index (χ4v) is 1.23. The number of hydrogen-bond acceptors (Lipinski definition) is 1. The van der Waals surface area contributed by atoms with Crippen LogP contribution in [0.15, 0.2) is 30.3 Å². The van der Waals surface area contributed by atoms with Gasteiger partial charge in [0.1, 0.15) is 0 Å². The van der Waals surface area contributed by atoms with Gasteiger partial charge in [-0.15, -0.1) is 0 Å². The molecule has 0 atom stereocenters. The highest BCUT2D eigenvalue weighted by atomic mass is 19.4. The summed E-state index contributed by atoms with van der Waals surface area (Å²) in [6.07, 6.45) is -4.06. The van der Waals surface area contributed by atoms with Crippen molar-refractivity contribution in [2.45, 2.75) is 19.0 Å². The summed E-state index contributed by atoms with van der Waals surface area (Å²) in [5.41, 5.74) is 1.14. The Hall–Kier alpha value is -1.03. The Morgan fingerprint density at radius 2 is 1.67 bits per heavy atom. The minimum absolute atomic E-state index is 0.00364. The third kappa shape index (κ3) is 6.12. The van der Waals surface area contributed by atoms with Crippen LogP contribution in [0, 0.1) is 0 Å². The molecule has 0 spiro atoms. The molecule has 84 valence electrons. The van der Waals surface area contributed by atoms with Crippen molar-refractivity contribution < 1.29 is 13.2 Å². The van der Waals surface area contributed by atoms with Gasteiger partial charge in [0, 0.05) is 6.54 Å². The van der Waals surface area contributed by atoms with Crippen LogP contribution in [0.5, 0.6) is 0 Å². The van der Waals surface area contributed by atoms with Gasteiger partial charge in [-0.1, -0.05) is 30.3 Å². The van der Waals surface area contributed by atoms with Gasteiger partial charge >= 0.3 is 6.18 Å². The van der Waals surface area contributed by atoms with E-state index < -0.39 is 12.6 Å². The Kier molecular flexibility index (Phi) is 4.62. The van der Waals surface area contributed by atoms with Gasteiger partial charge in [-0.2, -0.15) is 13.2 Å². The standard InChI is InChI=1S/C11H14F3N/c12-11(13,14)7-9-15-8-6-10-4-2-1-3-5-10/h1-5,15H,6-9H2. The summed E-state index contributed by atoms with van der Waals surface area (Å²) in [7, 11) is 0. The topological polar surface area (TPSA) is 12.0 Å². The third-order valence-corrected chi connectivity index (χ3v) is 2.02. The van der Waals surface area contributed by atoms with Crippen molar-refractivity contribution in [3.8, 4) is 0 Å². The molecule has 15 heavy (non-hydrogen) atoms. The molecule has 0 aromatic heterocycles. The van der Waals surface area contributed by atoms with Gasteiger partial charge in [0.15, 0.2) is 0 Å². The average Bonchev–Trinajstić information content (AvgIpc) is 2.17. The van der Waals surface area contributed by atoms with Gasteiger partial charge in [0.05, 0.1) is 6.42 Å². The number of alkyl halides is 3. The van der Waals surface area contributed by atoms with E-state index >= 15 is 0 Å². The van der Waals surface area contributed by atoms with Crippen LogP contribution in [-0.4, -0.2) is 19.3 Å². The molecule has 1 aromatic rings. The molecule has 0 unspecified atom stereocenters. The quantitative estimate of drug-likeness (QED) is 0.748. The maximum atomic E-state index is 11.8. The van der Waals surface area contributed by atoms with Crippen molar-refractivity contribution in [1.82, 2.24) is 5.32 Å². The smallest absolute Gasteiger partial charge is 0.316 e. The van der Waals surface area contributed by atoms with E-state index in [1.807, 2.05) is 30.3 Å². The molecule has 0 heterocycles. The maximum Gasteiger partial charge on any atom is 0.390 e. The molecule has 1 aromatic carbocycles. The molecule has 0 saturated carbocycles. The molecule has 0 aliphatic heterocycles. The Morgan fingerprint density at radius 1 is 1.00 bits per heavy atom. The zero-order chi connectivity index (χ0) is 11.1. The molecule has 0 amide bonds. The summed E-state index contributed by atoms with van der Waals surface area (Å²) in [6, 6.07) is 9.69. The van der Waals surface area contributed by atoms with Gasteiger partial charge in [0.25, 0.3) is 0 Å². The highest BCUT2D eigenvalue weighted by molar-refractivity contribution is 5.14. The highest BCUT2D eigenvalue weighted by Gasteiger charge is 2.25. The van der Waals surface area contributed by atoms with Crippen LogP contribution in [0.3, 0.4) is 0 Å². The Bertz CT molecular complexity index is 269. The Labute approximate surface area is 87.3 Å². The first kappa shape index (κ1) is 12.0. The minimum Gasteiger partial charge on any atom is -0.316 e. The molecular formula is C11H14F3N. The van der Waals surface area contributed by atoms with E-state index in [0.717, 1.165) is 12.0 Å². The van der Waals surface area contributed by atoms with Crippen LogP contribution in [-0.2, 0) is 6.42 Å². The van der Waals surface area contributed by atoms with Crippen molar-refractivity contribution >= 4 is 0 Å². The molecule has 0 radical (unpaired) electrons. The van der Waals surface area contributed by atoms with E-state index in [9.17, 15) is 13.2 Å². The first-order valence-electron chi connectivity index (χ1n) is 4.89. The van der Waals surface area contributed by atoms with Crippen LogP contribution in [0.25, 0.3) is 0 Å². The molecule has 1 rings (SSSR count). The number of rotatable bonds is 5. The van der Waals surface area contributed by atoms with Crippen LogP contribution in [0.2, 0.25) is 0 Å². The monoisotopic (exact) mass is 217 g/mol. The van der Waals surface area contributed by atoms with Crippen molar-refractivity contribution in [3.63, 3.8) is 0 Å². The molecule has 0 aliphatic rings. The van der Waals surface area contributed by atoms with E-state index in [1.165, 1.54) is 0 Å². The van der Waals surface area contributed by atoms with Crippen molar-refractivity contribution in [3.05, 3.63) is 35.9 Å². The van der Waals surface area contributed by atoms with Crippen LogP contribution >= 0.6 is 0 Å². The summed E-state index contributed by atoms with van der Waals surface area (Å²) in [6.45, 7) is 0.580. The number of hydrogen-bond donors (Lipinski definition) is 1. The first-order valence-corrected chi connectivity index (χ1v) is 4.89. The van der Waals surface area contributed by atoms with Crippen molar-refractivity contribution in [2.75, 3.05) is 13.1 Å². The minimum atomic E-state index is -4.06. The summed E-state index contributed by atoms with van der Waals surface area (Å²) in [5, 5.41) is 2.77. The van der Waals surface area contributed by atoms with Gasteiger partial charge in [-0.25, -0.2) is 0 Å². The predicted octanol–water partition coefficient (Wildman–Crippen LogP) is 2.77. The molecule has 0 fully saturated rings. The molecule has 0 saturated heterocycles. The second-order valence-corrected chi connectivity index (χ2v) is 3.35. The lowest BCUT2D eigenvalue weighted by Gasteiger charge is -2.07. The third-order valence-electron chi connectivity index (χ3n) is 2.02. The van der Waals surface area contributed by atoms with E-state index in [0.29, 0.717) is 6.54 Å². The summed E-state index contributed by atoms with van der Waals surface area (Å²) < 4.78 is 35.3. The average molecular weight is 217 g/mol. The zero-order valence-corrected chi connectivity index (χ0v) is 8.35. The molecule has 1 nitrogen and oxygen atoms in total. The summed E-state index contributed by atoms with van der Waals surface area (Å²) in [4.78, 5) is 0. The second-order valence-electron chi connectivity index (χ2n) is 3.35. The lowest BCUT2D eigenvalue weighted by Crippen LogP contribution is -2.23. The van der Waals surface area contributed by atoms with Gasteiger partial charge in [-0.3, -0.25) is 0 Å². The first-order chi connectivity index (χ1) is 7.08. The number of halogens is 3. The van der Waals surface area contributed by atoms with E-state index in [1.54, 1.807) is 0 Å². The molecule has 1 N–H and O–H groups in total. The zero-order valence-electron chi connectivity index (χ0n) is 8.35.